The van der Waals surface area contributed by atoms with Gasteiger partial charge in [0.25, 0.3) is 0 Å². The van der Waals surface area contributed by atoms with Crippen molar-refractivity contribution in [2.24, 2.45) is 0 Å². The average molecular weight is 607 g/mol. The molecule has 0 radical (unpaired) electrons. The van der Waals surface area contributed by atoms with Crippen LogP contribution in [0.1, 0.15) is 181 Å². The predicted octanol–water partition coefficient (Wildman–Crippen LogP) is 9.90. The highest BCUT2D eigenvalue weighted by molar-refractivity contribution is 5.76. The van der Waals surface area contributed by atoms with Crippen molar-refractivity contribution in [3.63, 3.8) is 0 Å². The molecule has 1 fully saturated rings. The van der Waals surface area contributed by atoms with E-state index in [1.54, 1.807) is 0 Å². The molecule has 43 heavy (non-hydrogen) atoms. The summed E-state index contributed by atoms with van der Waals surface area (Å²) < 4.78 is 5.50. The summed E-state index contributed by atoms with van der Waals surface area (Å²) in [6.07, 6.45) is 36.8. The van der Waals surface area contributed by atoms with Crippen molar-refractivity contribution in [1.29, 1.82) is 0 Å². The molecule has 5 nitrogen and oxygen atoms in total. The molecule has 0 aromatic rings. The Bertz CT molecular complexity index is 620. The topological polar surface area (TPSA) is 61.8 Å². The molecular weight excluding hydrogens is 532 g/mol. The molecule has 1 aliphatic heterocycles. The number of aliphatic hydroxyl groups is 1. The summed E-state index contributed by atoms with van der Waals surface area (Å²) in [7, 11) is 0. The molecule has 0 aromatic carbocycles. The molecule has 0 bridgehead atoms. The van der Waals surface area contributed by atoms with E-state index < -0.39 is 6.10 Å². The Balaban J connectivity index is 2.18. The molecule has 1 heterocycles. The molecule has 254 valence electrons. The van der Waals surface area contributed by atoms with Crippen LogP contribution >= 0.6 is 0 Å². The smallest absolute Gasteiger partial charge is 0.220 e. The van der Waals surface area contributed by atoms with Gasteiger partial charge in [-0.15, -0.1) is 0 Å². The fourth-order valence-corrected chi connectivity index (χ4v) is 6.18. The second kappa shape index (κ2) is 31.1. The first-order valence-electron chi connectivity index (χ1n) is 19.1. The fourth-order valence-electron chi connectivity index (χ4n) is 6.18. The second-order valence-electron chi connectivity index (χ2n) is 13.3. The van der Waals surface area contributed by atoms with Gasteiger partial charge in [-0.3, -0.25) is 9.69 Å². The summed E-state index contributed by atoms with van der Waals surface area (Å²) in [6, 6.07) is -0.263. The second-order valence-corrected chi connectivity index (χ2v) is 13.3. The molecular formula is C38H74N2O3. The van der Waals surface area contributed by atoms with E-state index in [1.807, 2.05) is 6.08 Å². The molecule has 5 heteroatoms. The van der Waals surface area contributed by atoms with E-state index in [9.17, 15) is 9.90 Å². The molecule has 0 unspecified atom stereocenters. The molecule has 0 aromatic heterocycles. The third kappa shape index (κ3) is 26.1. The van der Waals surface area contributed by atoms with Crippen LogP contribution < -0.4 is 5.32 Å². The van der Waals surface area contributed by atoms with Crippen LogP contribution in [0.4, 0.5) is 0 Å². The minimum atomic E-state index is -0.647. The molecule has 0 aliphatic carbocycles. The number of unbranched alkanes of at least 4 members (excludes halogenated alkanes) is 23. The zero-order valence-corrected chi connectivity index (χ0v) is 28.9. The molecule has 0 spiro atoms. The number of carbonyl (C=O) groups is 1. The number of ether oxygens (including phenoxy) is 1. The Hall–Kier alpha value is -0.910. The molecule has 1 amide bonds. The number of hydrogen-bond donors (Lipinski definition) is 2. The number of rotatable bonds is 31. The predicted molar refractivity (Wildman–Crippen MR) is 186 cm³/mol. The largest absolute Gasteiger partial charge is 0.387 e. The highest BCUT2D eigenvalue weighted by atomic mass is 16.5. The lowest BCUT2D eigenvalue weighted by atomic mass is 10.0. The van der Waals surface area contributed by atoms with E-state index in [-0.39, 0.29) is 11.9 Å². The SMILES string of the molecule is CCCCCCCCCCCCC/C=C/[C@@H](O)[C@H](CN1CCOCC1)NC(=O)CCCCCCCCCCCCCCC. The van der Waals surface area contributed by atoms with E-state index in [0.29, 0.717) is 13.0 Å². The quantitative estimate of drug-likeness (QED) is 0.0609. The third-order valence-corrected chi connectivity index (χ3v) is 9.13. The molecule has 1 saturated heterocycles. The number of allylic oxidation sites excluding steroid dienone is 1. The number of carbonyl (C=O) groups excluding carboxylic acids is 1. The number of nitrogens with one attached hydrogen (secondary N) is 1. The summed E-state index contributed by atoms with van der Waals surface area (Å²) in [4.78, 5) is 15.1. The van der Waals surface area contributed by atoms with Crippen molar-refractivity contribution in [3.8, 4) is 0 Å². The highest BCUT2D eigenvalue weighted by Crippen LogP contribution is 2.14. The summed E-state index contributed by atoms with van der Waals surface area (Å²) in [5, 5.41) is 14.2. The van der Waals surface area contributed by atoms with Crippen LogP contribution in [0.15, 0.2) is 12.2 Å². The van der Waals surface area contributed by atoms with E-state index in [1.165, 1.54) is 141 Å². The Morgan fingerprint density at radius 2 is 1.09 bits per heavy atom. The Morgan fingerprint density at radius 1 is 0.674 bits per heavy atom. The Kier molecular flexibility index (Phi) is 29.0. The maximum atomic E-state index is 12.8. The molecule has 0 saturated carbocycles. The number of morpholine rings is 1. The summed E-state index contributed by atoms with van der Waals surface area (Å²) in [5.74, 6) is 0.0825. The van der Waals surface area contributed by atoms with Crippen molar-refractivity contribution in [3.05, 3.63) is 12.2 Å². The van der Waals surface area contributed by atoms with E-state index in [2.05, 4.69) is 30.1 Å². The van der Waals surface area contributed by atoms with Gasteiger partial charge in [-0.25, -0.2) is 0 Å². The summed E-state index contributed by atoms with van der Waals surface area (Å²) in [6.45, 7) is 8.41. The van der Waals surface area contributed by atoms with Gasteiger partial charge in [-0.2, -0.15) is 0 Å². The minimum Gasteiger partial charge on any atom is -0.387 e. The minimum absolute atomic E-state index is 0.0825. The maximum absolute atomic E-state index is 12.8. The first-order chi connectivity index (χ1) is 21.2. The van der Waals surface area contributed by atoms with Crippen molar-refractivity contribution < 1.29 is 14.6 Å². The van der Waals surface area contributed by atoms with Gasteiger partial charge in [-0.1, -0.05) is 167 Å². The molecule has 1 rings (SSSR count). The van der Waals surface area contributed by atoms with Crippen molar-refractivity contribution >= 4 is 5.91 Å². The zero-order chi connectivity index (χ0) is 31.1. The van der Waals surface area contributed by atoms with E-state index >= 15 is 0 Å². The standard InChI is InChI=1S/C38H74N2O3/c1-3-5-7-9-11-13-15-17-19-21-23-25-27-29-37(41)36(35-40-31-33-43-34-32-40)39-38(42)30-28-26-24-22-20-18-16-14-12-10-8-6-4-2/h27,29,36-37,41H,3-26,28,30-35H2,1-2H3,(H,39,42)/b29-27+/t36-,37+/m0/s1. The first-order valence-corrected chi connectivity index (χ1v) is 19.1. The summed E-state index contributed by atoms with van der Waals surface area (Å²) in [5.41, 5.74) is 0. The normalized spacial score (nSPS) is 15.7. The number of aliphatic hydroxyl groups excluding tert-OH is 1. The highest BCUT2D eigenvalue weighted by Gasteiger charge is 2.23. The van der Waals surface area contributed by atoms with Gasteiger partial charge >= 0.3 is 0 Å². The molecule has 1 aliphatic rings. The van der Waals surface area contributed by atoms with E-state index in [4.69, 9.17) is 4.74 Å². The third-order valence-electron chi connectivity index (χ3n) is 9.13. The van der Waals surface area contributed by atoms with E-state index in [0.717, 1.165) is 45.6 Å². The van der Waals surface area contributed by atoms with Crippen LogP contribution in [-0.4, -0.2) is 60.9 Å². The number of amides is 1. The van der Waals surface area contributed by atoms with Gasteiger partial charge in [0.15, 0.2) is 0 Å². The van der Waals surface area contributed by atoms with Gasteiger partial charge in [0, 0.05) is 26.1 Å². The van der Waals surface area contributed by atoms with Gasteiger partial charge in [-0.05, 0) is 19.3 Å². The number of nitrogens with zero attached hydrogens (tertiary/aromatic N) is 1. The lowest BCUT2D eigenvalue weighted by molar-refractivity contribution is -0.122. The summed E-state index contributed by atoms with van der Waals surface area (Å²) >= 11 is 0. The van der Waals surface area contributed by atoms with Crippen molar-refractivity contribution in [2.75, 3.05) is 32.8 Å². The molecule has 2 N–H and O–H groups in total. The number of hydrogen-bond acceptors (Lipinski definition) is 4. The fraction of sp³-hybridized carbons (Fsp3) is 0.921. The van der Waals surface area contributed by atoms with Gasteiger partial charge < -0.3 is 15.2 Å². The van der Waals surface area contributed by atoms with Crippen molar-refractivity contribution in [2.45, 2.75) is 193 Å². The maximum Gasteiger partial charge on any atom is 0.220 e. The first kappa shape index (κ1) is 40.1. The Morgan fingerprint density at radius 3 is 1.56 bits per heavy atom. The lowest BCUT2D eigenvalue weighted by Gasteiger charge is -2.32. The van der Waals surface area contributed by atoms with Crippen LogP contribution in [0.3, 0.4) is 0 Å². The van der Waals surface area contributed by atoms with Crippen LogP contribution in [0.5, 0.6) is 0 Å². The Labute approximate surface area is 268 Å². The molecule has 2 atom stereocenters. The van der Waals surface area contributed by atoms with Crippen LogP contribution in [0.25, 0.3) is 0 Å². The van der Waals surface area contributed by atoms with Gasteiger partial charge in [0.05, 0.1) is 25.4 Å². The monoisotopic (exact) mass is 607 g/mol. The average Bonchev–Trinajstić information content (AvgIpc) is 3.01. The van der Waals surface area contributed by atoms with Gasteiger partial charge in [0.2, 0.25) is 5.91 Å². The van der Waals surface area contributed by atoms with Crippen molar-refractivity contribution in [1.82, 2.24) is 10.2 Å². The van der Waals surface area contributed by atoms with Crippen LogP contribution in [0, 0.1) is 0 Å². The lowest BCUT2D eigenvalue weighted by Crippen LogP contribution is -2.52. The van der Waals surface area contributed by atoms with Gasteiger partial charge in [0.1, 0.15) is 0 Å². The zero-order valence-electron chi connectivity index (χ0n) is 28.9. The van der Waals surface area contributed by atoms with Crippen LogP contribution in [0.2, 0.25) is 0 Å². The van der Waals surface area contributed by atoms with Crippen LogP contribution in [-0.2, 0) is 9.53 Å².